The summed E-state index contributed by atoms with van der Waals surface area (Å²) in [5.74, 6) is 0. The van der Waals surface area contributed by atoms with Gasteiger partial charge in [0, 0.05) is 15.4 Å². The summed E-state index contributed by atoms with van der Waals surface area (Å²) in [4.78, 5) is 4.79. The van der Waals surface area contributed by atoms with Gasteiger partial charge in [-0.3, -0.25) is 0 Å². The Morgan fingerprint density at radius 3 is 3.06 bits per heavy atom. The molecule has 2 heterocycles. The molecule has 0 saturated carbocycles. The first kappa shape index (κ1) is 12.3. The van der Waals surface area contributed by atoms with Gasteiger partial charge in [-0.2, -0.15) is 0 Å². The Balaban J connectivity index is 1.92. The molecule has 1 unspecified atom stereocenters. The van der Waals surface area contributed by atoms with Crippen LogP contribution >= 0.6 is 27.3 Å². The molecule has 1 aliphatic heterocycles. The Labute approximate surface area is 120 Å². The van der Waals surface area contributed by atoms with Gasteiger partial charge in [-0.25, -0.2) is 4.98 Å². The van der Waals surface area contributed by atoms with Crippen molar-refractivity contribution in [2.45, 2.75) is 25.8 Å². The lowest BCUT2D eigenvalue weighted by Crippen LogP contribution is -2.12. The van der Waals surface area contributed by atoms with E-state index in [0.717, 1.165) is 16.0 Å². The summed E-state index contributed by atoms with van der Waals surface area (Å²) >= 11 is 5.24. The van der Waals surface area contributed by atoms with Crippen molar-refractivity contribution in [1.29, 1.82) is 0 Å². The summed E-state index contributed by atoms with van der Waals surface area (Å²) in [6.07, 6.45) is 2.47. The average Bonchev–Trinajstić information content (AvgIpc) is 2.99. The van der Waals surface area contributed by atoms with E-state index in [2.05, 4.69) is 51.7 Å². The van der Waals surface area contributed by atoms with Crippen molar-refractivity contribution in [1.82, 2.24) is 10.3 Å². The Morgan fingerprint density at radius 2 is 2.33 bits per heavy atom. The topological polar surface area (TPSA) is 24.9 Å². The quantitative estimate of drug-likeness (QED) is 0.891. The molecule has 1 atom stereocenters. The highest BCUT2D eigenvalue weighted by atomic mass is 79.9. The molecule has 2 aromatic rings. The Hall–Kier alpha value is -0.710. The van der Waals surface area contributed by atoms with Gasteiger partial charge in [0.05, 0.1) is 11.7 Å². The van der Waals surface area contributed by atoms with E-state index in [1.54, 1.807) is 11.3 Å². The van der Waals surface area contributed by atoms with Crippen molar-refractivity contribution in [3.8, 4) is 10.6 Å². The molecule has 4 heteroatoms. The van der Waals surface area contributed by atoms with Crippen molar-refractivity contribution in [3.63, 3.8) is 0 Å². The molecular formula is C14H15BrN2S. The van der Waals surface area contributed by atoms with E-state index in [0.29, 0.717) is 6.04 Å². The van der Waals surface area contributed by atoms with E-state index < -0.39 is 0 Å². The highest BCUT2D eigenvalue weighted by molar-refractivity contribution is 9.10. The van der Waals surface area contributed by atoms with Crippen LogP contribution in [0.5, 0.6) is 0 Å². The lowest BCUT2D eigenvalue weighted by Gasteiger charge is -2.06. The van der Waals surface area contributed by atoms with Crippen LogP contribution in [0.3, 0.4) is 0 Å². The second-order valence-corrected chi connectivity index (χ2v) is 6.46. The van der Waals surface area contributed by atoms with E-state index >= 15 is 0 Å². The van der Waals surface area contributed by atoms with Crippen molar-refractivity contribution >= 4 is 27.3 Å². The fourth-order valence-corrected chi connectivity index (χ4v) is 3.81. The SMILES string of the molecule is Cc1cc(Br)ccc1-c1nc(C2CCCN2)cs1. The fourth-order valence-electron chi connectivity index (χ4n) is 2.37. The standard InChI is InChI=1S/C14H15BrN2S/c1-9-7-10(15)4-5-11(9)14-17-13(8-18-14)12-3-2-6-16-12/h4-5,7-8,12,16H,2-3,6H2,1H3. The third-order valence-electron chi connectivity index (χ3n) is 3.36. The van der Waals surface area contributed by atoms with Crippen molar-refractivity contribution in [2.75, 3.05) is 6.54 Å². The monoisotopic (exact) mass is 322 g/mol. The van der Waals surface area contributed by atoms with Gasteiger partial charge in [0.25, 0.3) is 0 Å². The van der Waals surface area contributed by atoms with Gasteiger partial charge >= 0.3 is 0 Å². The summed E-state index contributed by atoms with van der Waals surface area (Å²) < 4.78 is 1.12. The normalized spacial score (nSPS) is 19.3. The number of halogens is 1. The Kier molecular flexibility index (Phi) is 3.50. The summed E-state index contributed by atoms with van der Waals surface area (Å²) in [6, 6.07) is 6.83. The molecular weight excluding hydrogens is 308 g/mol. The van der Waals surface area contributed by atoms with Gasteiger partial charge in [-0.15, -0.1) is 11.3 Å². The zero-order valence-electron chi connectivity index (χ0n) is 10.2. The zero-order chi connectivity index (χ0) is 12.5. The van der Waals surface area contributed by atoms with Crippen LogP contribution in [-0.2, 0) is 0 Å². The van der Waals surface area contributed by atoms with Crippen LogP contribution in [0, 0.1) is 6.92 Å². The molecule has 1 aromatic carbocycles. The lowest BCUT2D eigenvalue weighted by atomic mass is 10.1. The number of hydrogen-bond donors (Lipinski definition) is 1. The van der Waals surface area contributed by atoms with Gasteiger partial charge in [-0.05, 0) is 44.0 Å². The molecule has 2 nitrogen and oxygen atoms in total. The van der Waals surface area contributed by atoms with Crippen LogP contribution < -0.4 is 5.32 Å². The van der Waals surface area contributed by atoms with Gasteiger partial charge in [-0.1, -0.05) is 22.0 Å². The minimum atomic E-state index is 0.464. The van der Waals surface area contributed by atoms with Crippen molar-refractivity contribution < 1.29 is 0 Å². The van der Waals surface area contributed by atoms with E-state index in [1.807, 2.05) is 0 Å². The van der Waals surface area contributed by atoms with E-state index in [9.17, 15) is 0 Å². The lowest BCUT2D eigenvalue weighted by molar-refractivity contribution is 0.632. The molecule has 0 radical (unpaired) electrons. The van der Waals surface area contributed by atoms with Gasteiger partial charge in [0.2, 0.25) is 0 Å². The van der Waals surface area contributed by atoms with Gasteiger partial charge in [0.1, 0.15) is 5.01 Å². The minimum Gasteiger partial charge on any atom is -0.309 e. The van der Waals surface area contributed by atoms with Crippen LogP contribution in [0.25, 0.3) is 10.6 Å². The molecule has 0 bridgehead atoms. The van der Waals surface area contributed by atoms with Crippen LogP contribution in [0.1, 0.15) is 30.1 Å². The minimum absolute atomic E-state index is 0.464. The molecule has 1 fully saturated rings. The third-order valence-corrected chi connectivity index (χ3v) is 4.75. The summed E-state index contributed by atoms with van der Waals surface area (Å²) in [6.45, 7) is 3.25. The Morgan fingerprint density at radius 1 is 1.44 bits per heavy atom. The number of nitrogens with one attached hydrogen (secondary N) is 1. The van der Waals surface area contributed by atoms with Crippen LogP contribution in [-0.4, -0.2) is 11.5 Å². The molecule has 3 rings (SSSR count). The first-order valence-corrected chi connectivity index (χ1v) is 7.86. The molecule has 1 aromatic heterocycles. The fraction of sp³-hybridized carbons (Fsp3) is 0.357. The third kappa shape index (κ3) is 2.37. The molecule has 18 heavy (non-hydrogen) atoms. The predicted octanol–water partition coefficient (Wildman–Crippen LogP) is 4.31. The van der Waals surface area contributed by atoms with E-state index in [4.69, 9.17) is 4.98 Å². The maximum atomic E-state index is 4.79. The summed E-state index contributed by atoms with van der Waals surface area (Å²) in [5, 5.41) is 6.82. The summed E-state index contributed by atoms with van der Waals surface area (Å²) in [5.41, 5.74) is 3.71. The van der Waals surface area contributed by atoms with Gasteiger partial charge < -0.3 is 5.32 Å². The zero-order valence-corrected chi connectivity index (χ0v) is 12.6. The van der Waals surface area contributed by atoms with Crippen LogP contribution in [0.4, 0.5) is 0 Å². The first-order chi connectivity index (χ1) is 8.74. The molecule has 0 spiro atoms. The van der Waals surface area contributed by atoms with E-state index in [-0.39, 0.29) is 0 Å². The molecule has 1 N–H and O–H groups in total. The maximum absolute atomic E-state index is 4.79. The van der Waals surface area contributed by atoms with E-state index in [1.165, 1.54) is 29.7 Å². The molecule has 1 saturated heterocycles. The number of rotatable bonds is 2. The average molecular weight is 323 g/mol. The number of aromatic nitrogens is 1. The number of thiazole rings is 1. The highest BCUT2D eigenvalue weighted by Gasteiger charge is 2.19. The maximum Gasteiger partial charge on any atom is 0.123 e. The smallest absolute Gasteiger partial charge is 0.123 e. The van der Waals surface area contributed by atoms with Gasteiger partial charge in [0.15, 0.2) is 0 Å². The number of aryl methyl sites for hydroxylation is 1. The molecule has 0 amide bonds. The Bertz CT molecular complexity index is 559. The number of hydrogen-bond acceptors (Lipinski definition) is 3. The molecule has 0 aliphatic carbocycles. The predicted molar refractivity (Wildman–Crippen MR) is 80.0 cm³/mol. The second-order valence-electron chi connectivity index (χ2n) is 4.69. The van der Waals surface area contributed by atoms with Crippen LogP contribution in [0.15, 0.2) is 28.1 Å². The highest BCUT2D eigenvalue weighted by Crippen LogP contribution is 2.32. The molecule has 1 aliphatic rings. The number of nitrogens with zero attached hydrogens (tertiary/aromatic N) is 1. The van der Waals surface area contributed by atoms with Crippen molar-refractivity contribution in [2.24, 2.45) is 0 Å². The second kappa shape index (κ2) is 5.11. The van der Waals surface area contributed by atoms with Crippen LogP contribution in [0.2, 0.25) is 0 Å². The first-order valence-electron chi connectivity index (χ1n) is 6.19. The van der Waals surface area contributed by atoms with Crippen molar-refractivity contribution in [3.05, 3.63) is 39.3 Å². The largest absolute Gasteiger partial charge is 0.309 e. The molecule has 94 valence electrons. The summed E-state index contributed by atoms with van der Waals surface area (Å²) in [7, 11) is 0. The number of benzene rings is 1.